The number of rotatable bonds is 5. The number of piperazine rings is 1. The van der Waals surface area contributed by atoms with E-state index in [9.17, 15) is 9.59 Å². The average molecular weight is 421 g/mol. The highest BCUT2D eigenvalue weighted by Crippen LogP contribution is 2.30. The minimum atomic E-state index is -0.339. The summed E-state index contributed by atoms with van der Waals surface area (Å²) in [5.41, 5.74) is 5.12. The molecule has 0 aliphatic carbocycles. The molecule has 2 amide bonds. The van der Waals surface area contributed by atoms with Gasteiger partial charge in [0.25, 0.3) is 0 Å². The van der Waals surface area contributed by atoms with Gasteiger partial charge in [0.2, 0.25) is 11.8 Å². The third-order valence-electron chi connectivity index (χ3n) is 6.50. The number of likely N-dealkylation sites (N-methyl/N-ethyl adjacent to an activating group) is 1. The fraction of sp³-hybridized carbons (Fsp3) is 0.440. The molecule has 31 heavy (non-hydrogen) atoms. The summed E-state index contributed by atoms with van der Waals surface area (Å²) in [6.07, 6.45) is 1.11. The van der Waals surface area contributed by atoms with Gasteiger partial charge in [-0.05, 0) is 55.8 Å². The fourth-order valence-electron chi connectivity index (χ4n) is 4.47. The molecule has 0 aromatic heterocycles. The largest absolute Gasteiger partial charge is 0.369 e. The zero-order chi connectivity index (χ0) is 22.0. The molecule has 2 aromatic rings. The van der Waals surface area contributed by atoms with Crippen LogP contribution in [0.3, 0.4) is 0 Å². The second-order valence-corrected chi connectivity index (χ2v) is 8.67. The number of para-hydroxylation sites is 1. The van der Waals surface area contributed by atoms with Crippen LogP contribution in [0.1, 0.15) is 24.5 Å². The Morgan fingerprint density at radius 1 is 1.10 bits per heavy atom. The molecule has 164 valence electrons. The van der Waals surface area contributed by atoms with E-state index in [0.717, 1.165) is 55.1 Å². The summed E-state index contributed by atoms with van der Waals surface area (Å²) in [5.74, 6) is -0.405. The number of nitrogens with one attached hydrogen (secondary N) is 1. The minimum absolute atomic E-state index is 0.0168. The van der Waals surface area contributed by atoms with E-state index in [-0.39, 0.29) is 24.2 Å². The Hall–Kier alpha value is -2.86. The number of amides is 2. The Morgan fingerprint density at radius 3 is 2.55 bits per heavy atom. The van der Waals surface area contributed by atoms with Crippen LogP contribution >= 0.6 is 0 Å². The van der Waals surface area contributed by atoms with Gasteiger partial charge in [0.1, 0.15) is 0 Å². The van der Waals surface area contributed by atoms with Crippen molar-refractivity contribution in [2.24, 2.45) is 5.92 Å². The van der Waals surface area contributed by atoms with Crippen LogP contribution in [0.5, 0.6) is 0 Å². The van der Waals surface area contributed by atoms with Gasteiger partial charge in [-0.3, -0.25) is 9.59 Å². The lowest BCUT2D eigenvalue weighted by molar-refractivity contribution is -0.122. The number of nitrogens with zero attached hydrogens (tertiary/aromatic N) is 3. The van der Waals surface area contributed by atoms with E-state index in [1.807, 2.05) is 37.3 Å². The van der Waals surface area contributed by atoms with E-state index in [0.29, 0.717) is 6.54 Å². The molecule has 0 spiro atoms. The monoisotopic (exact) mass is 420 g/mol. The molecular weight excluding hydrogens is 388 g/mol. The maximum atomic E-state index is 13.0. The second-order valence-electron chi connectivity index (χ2n) is 8.67. The molecule has 0 saturated carbocycles. The highest BCUT2D eigenvalue weighted by molar-refractivity contribution is 6.04. The molecule has 2 fully saturated rings. The highest BCUT2D eigenvalue weighted by atomic mass is 16.2. The maximum Gasteiger partial charge on any atom is 0.229 e. The topological polar surface area (TPSA) is 55.9 Å². The molecule has 6 nitrogen and oxygen atoms in total. The number of anilines is 3. The molecule has 6 heteroatoms. The highest BCUT2D eigenvalue weighted by Gasteiger charge is 2.36. The SMILES string of the molecule is CCc1ccccc1N1C[C@@H](C(=O)Nc2ccc(N3CCN(C)CC3)cc2C)CC1=O. The Labute approximate surface area is 184 Å². The fourth-order valence-corrected chi connectivity index (χ4v) is 4.47. The first-order chi connectivity index (χ1) is 15.0. The average Bonchev–Trinajstić information content (AvgIpc) is 3.17. The first-order valence-electron chi connectivity index (χ1n) is 11.2. The summed E-state index contributed by atoms with van der Waals surface area (Å²) in [4.78, 5) is 32.1. The van der Waals surface area contributed by atoms with Gasteiger partial charge in [-0.25, -0.2) is 0 Å². The standard InChI is InChI=1S/C25H32N4O2/c1-4-19-7-5-6-8-23(19)29-17-20(16-24(29)30)25(31)26-22-10-9-21(15-18(22)2)28-13-11-27(3)12-14-28/h5-10,15,20H,4,11-14,16-17H2,1-3H3,(H,26,31)/t20-/m0/s1. The van der Waals surface area contributed by atoms with E-state index < -0.39 is 0 Å². The van der Waals surface area contributed by atoms with Crippen molar-refractivity contribution in [3.63, 3.8) is 0 Å². The van der Waals surface area contributed by atoms with Crippen molar-refractivity contribution in [1.82, 2.24) is 4.90 Å². The number of hydrogen-bond donors (Lipinski definition) is 1. The Balaban J connectivity index is 1.42. The summed E-state index contributed by atoms with van der Waals surface area (Å²) >= 11 is 0. The number of carbonyl (C=O) groups is 2. The normalized spacial score (nSPS) is 19.7. The van der Waals surface area contributed by atoms with Crippen LogP contribution in [-0.4, -0.2) is 56.5 Å². The molecule has 0 radical (unpaired) electrons. The van der Waals surface area contributed by atoms with Crippen LogP contribution in [0.4, 0.5) is 17.1 Å². The van der Waals surface area contributed by atoms with Gasteiger partial charge < -0.3 is 20.0 Å². The maximum absolute atomic E-state index is 13.0. The van der Waals surface area contributed by atoms with Crippen molar-refractivity contribution in [2.75, 3.05) is 54.9 Å². The molecule has 2 aromatic carbocycles. The Bertz CT molecular complexity index is 966. The van der Waals surface area contributed by atoms with Crippen molar-refractivity contribution < 1.29 is 9.59 Å². The van der Waals surface area contributed by atoms with Crippen molar-refractivity contribution in [3.05, 3.63) is 53.6 Å². The van der Waals surface area contributed by atoms with Crippen LogP contribution in [0.15, 0.2) is 42.5 Å². The number of benzene rings is 2. The van der Waals surface area contributed by atoms with Crippen LogP contribution < -0.4 is 15.1 Å². The van der Waals surface area contributed by atoms with Gasteiger partial charge in [0.15, 0.2) is 0 Å². The molecule has 0 bridgehead atoms. The Kier molecular flexibility index (Phi) is 6.28. The molecule has 1 atom stereocenters. The van der Waals surface area contributed by atoms with E-state index >= 15 is 0 Å². The molecule has 0 unspecified atom stereocenters. The Morgan fingerprint density at radius 2 is 1.84 bits per heavy atom. The molecule has 2 saturated heterocycles. The molecule has 4 rings (SSSR count). The van der Waals surface area contributed by atoms with Gasteiger partial charge in [0.05, 0.1) is 5.92 Å². The van der Waals surface area contributed by atoms with E-state index in [1.54, 1.807) is 4.90 Å². The lowest BCUT2D eigenvalue weighted by Gasteiger charge is -2.34. The van der Waals surface area contributed by atoms with Crippen LogP contribution in [0.2, 0.25) is 0 Å². The smallest absolute Gasteiger partial charge is 0.229 e. The van der Waals surface area contributed by atoms with Crippen molar-refractivity contribution >= 4 is 28.9 Å². The minimum Gasteiger partial charge on any atom is -0.369 e. The van der Waals surface area contributed by atoms with E-state index in [2.05, 4.69) is 41.2 Å². The quantitative estimate of drug-likeness (QED) is 0.806. The predicted octanol–water partition coefficient (Wildman–Crippen LogP) is 3.30. The lowest BCUT2D eigenvalue weighted by atomic mass is 10.1. The van der Waals surface area contributed by atoms with Gasteiger partial charge in [-0.15, -0.1) is 0 Å². The number of aryl methyl sites for hydroxylation is 2. The summed E-state index contributed by atoms with van der Waals surface area (Å²) in [5, 5.41) is 3.07. The number of hydrogen-bond acceptors (Lipinski definition) is 4. The first-order valence-corrected chi connectivity index (χ1v) is 11.2. The van der Waals surface area contributed by atoms with Gasteiger partial charge in [-0.1, -0.05) is 25.1 Å². The van der Waals surface area contributed by atoms with Crippen LogP contribution in [-0.2, 0) is 16.0 Å². The lowest BCUT2D eigenvalue weighted by Crippen LogP contribution is -2.44. The predicted molar refractivity (Wildman–Crippen MR) is 126 cm³/mol. The first kappa shape index (κ1) is 21.4. The summed E-state index contributed by atoms with van der Waals surface area (Å²) in [6.45, 7) is 8.69. The van der Waals surface area contributed by atoms with Crippen LogP contribution in [0.25, 0.3) is 0 Å². The van der Waals surface area contributed by atoms with E-state index in [1.165, 1.54) is 5.69 Å². The van der Waals surface area contributed by atoms with Crippen molar-refractivity contribution in [1.29, 1.82) is 0 Å². The van der Waals surface area contributed by atoms with Crippen molar-refractivity contribution in [3.8, 4) is 0 Å². The zero-order valence-electron chi connectivity index (χ0n) is 18.7. The van der Waals surface area contributed by atoms with E-state index in [4.69, 9.17) is 0 Å². The third-order valence-corrected chi connectivity index (χ3v) is 6.50. The molecular formula is C25H32N4O2. The van der Waals surface area contributed by atoms with Crippen LogP contribution in [0, 0.1) is 12.8 Å². The van der Waals surface area contributed by atoms with Gasteiger partial charge in [-0.2, -0.15) is 0 Å². The van der Waals surface area contributed by atoms with Gasteiger partial charge >= 0.3 is 0 Å². The zero-order valence-corrected chi connectivity index (χ0v) is 18.7. The molecule has 2 heterocycles. The second kappa shape index (κ2) is 9.10. The summed E-state index contributed by atoms with van der Waals surface area (Å²) in [7, 11) is 2.15. The van der Waals surface area contributed by atoms with Crippen molar-refractivity contribution in [2.45, 2.75) is 26.7 Å². The summed E-state index contributed by atoms with van der Waals surface area (Å²) in [6, 6.07) is 14.2. The summed E-state index contributed by atoms with van der Waals surface area (Å²) < 4.78 is 0. The molecule has 2 aliphatic rings. The third kappa shape index (κ3) is 4.59. The van der Waals surface area contributed by atoms with Gasteiger partial charge in [0, 0.05) is 56.2 Å². The number of carbonyl (C=O) groups excluding carboxylic acids is 2. The molecule has 2 aliphatic heterocycles. The molecule has 1 N–H and O–H groups in total.